The Kier molecular flexibility index (Phi) is 6.54. The van der Waals surface area contributed by atoms with Gasteiger partial charge in [0.15, 0.2) is 0 Å². The number of aryl methyl sites for hydroxylation is 2. The van der Waals surface area contributed by atoms with Crippen molar-refractivity contribution in [1.29, 1.82) is 0 Å². The van der Waals surface area contributed by atoms with E-state index in [0.29, 0.717) is 17.0 Å². The molecule has 0 bridgehead atoms. The molecule has 35 heavy (non-hydrogen) atoms. The van der Waals surface area contributed by atoms with Gasteiger partial charge in [0.25, 0.3) is 11.7 Å². The van der Waals surface area contributed by atoms with E-state index in [2.05, 4.69) is 0 Å². The smallest absolute Gasteiger partial charge is 0.300 e. The zero-order chi connectivity index (χ0) is 25.4. The average molecular weight is 496 g/mol. The van der Waals surface area contributed by atoms with E-state index in [0.717, 1.165) is 11.1 Å². The van der Waals surface area contributed by atoms with Crippen molar-refractivity contribution in [2.24, 2.45) is 0 Å². The Balaban J connectivity index is 2.00. The first-order chi connectivity index (χ1) is 16.7. The molecule has 6 nitrogen and oxygen atoms in total. The van der Waals surface area contributed by atoms with Crippen molar-refractivity contribution in [3.05, 3.63) is 93.3 Å². The van der Waals surface area contributed by atoms with E-state index in [4.69, 9.17) is 21.1 Å². The molecule has 8 heteroatoms. The number of carbonyl (C=O) groups is 2. The van der Waals surface area contributed by atoms with E-state index in [-0.39, 0.29) is 21.9 Å². The topological polar surface area (TPSA) is 76.1 Å². The van der Waals surface area contributed by atoms with Crippen LogP contribution in [-0.2, 0) is 9.59 Å². The number of halogens is 2. The van der Waals surface area contributed by atoms with Gasteiger partial charge in [0.2, 0.25) is 0 Å². The van der Waals surface area contributed by atoms with Crippen LogP contribution in [0.2, 0.25) is 5.02 Å². The summed E-state index contributed by atoms with van der Waals surface area (Å²) in [5, 5.41) is 11.6. The van der Waals surface area contributed by atoms with Gasteiger partial charge >= 0.3 is 0 Å². The van der Waals surface area contributed by atoms with E-state index in [1.54, 1.807) is 12.1 Å². The minimum absolute atomic E-state index is 0.115. The van der Waals surface area contributed by atoms with Crippen molar-refractivity contribution < 1.29 is 28.6 Å². The molecule has 3 aromatic carbocycles. The number of hydrogen-bond donors (Lipinski definition) is 1. The van der Waals surface area contributed by atoms with Crippen molar-refractivity contribution in [1.82, 2.24) is 0 Å². The summed E-state index contributed by atoms with van der Waals surface area (Å²) in [4.78, 5) is 28.0. The van der Waals surface area contributed by atoms with Gasteiger partial charge < -0.3 is 14.6 Å². The van der Waals surface area contributed by atoms with Crippen LogP contribution in [0, 0.1) is 19.7 Å². The number of rotatable bonds is 5. The third-order valence-electron chi connectivity index (χ3n) is 5.84. The first kappa shape index (κ1) is 24.3. The molecule has 1 unspecified atom stereocenters. The third-order valence-corrected chi connectivity index (χ3v) is 6.14. The molecule has 1 amide bonds. The van der Waals surface area contributed by atoms with Gasteiger partial charge in [-0.2, -0.15) is 0 Å². The van der Waals surface area contributed by atoms with E-state index in [1.807, 2.05) is 19.9 Å². The predicted molar refractivity (Wildman–Crippen MR) is 132 cm³/mol. The second-order valence-corrected chi connectivity index (χ2v) is 8.66. The molecule has 0 aromatic heterocycles. The van der Waals surface area contributed by atoms with Crippen LogP contribution in [0.5, 0.6) is 11.5 Å². The van der Waals surface area contributed by atoms with Crippen LogP contribution < -0.4 is 14.4 Å². The fourth-order valence-electron chi connectivity index (χ4n) is 4.34. The molecule has 1 saturated heterocycles. The van der Waals surface area contributed by atoms with E-state index in [1.165, 1.54) is 55.5 Å². The SMILES string of the molecule is COc1cc(OC)c(/C(O)=C2\C(=O)C(=O)N(c3cc(C)cc(C)c3)C2c2ccc(F)cc2)cc1Cl. The summed E-state index contributed by atoms with van der Waals surface area (Å²) >= 11 is 6.29. The minimum Gasteiger partial charge on any atom is -0.507 e. The normalized spacial score (nSPS) is 17.1. The summed E-state index contributed by atoms with van der Waals surface area (Å²) in [6.07, 6.45) is 0. The second kappa shape index (κ2) is 9.43. The molecule has 1 aliphatic heterocycles. The molecule has 1 aliphatic rings. The monoisotopic (exact) mass is 495 g/mol. The summed E-state index contributed by atoms with van der Waals surface area (Å²) in [7, 11) is 2.83. The van der Waals surface area contributed by atoms with Crippen LogP contribution >= 0.6 is 11.6 Å². The van der Waals surface area contributed by atoms with Crippen LogP contribution in [0.25, 0.3) is 5.76 Å². The van der Waals surface area contributed by atoms with E-state index >= 15 is 0 Å². The Morgan fingerprint density at radius 3 is 2.11 bits per heavy atom. The zero-order valence-electron chi connectivity index (χ0n) is 19.6. The number of nitrogens with zero attached hydrogens (tertiary/aromatic N) is 1. The molecule has 1 fully saturated rings. The number of ether oxygens (including phenoxy) is 2. The number of hydrogen-bond acceptors (Lipinski definition) is 5. The fraction of sp³-hybridized carbons (Fsp3) is 0.185. The van der Waals surface area contributed by atoms with Crippen molar-refractivity contribution in [3.63, 3.8) is 0 Å². The molecule has 1 heterocycles. The number of methoxy groups -OCH3 is 2. The van der Waals surface area contributed by atoms with Crippen molar-refractivity contribution >= 4 is 34.7 Å². The highest BCUT2D eigenvalue weighted by Gasteiger charge is 2.47. The number of ketones is 1. The molecule has 0 radical (unpaired) electrons. The van der Waals surface area contributed by atoms with Gasteiger partial charge in [0.05, 0.1) is 36.4 Å². The molecule has 4 rings (SSSR count). The molecule has 0 saturated carbocycles. The Labute approximate surface area is 207 Å². The molecule has 3 aromatic rings. The number of anilines is 1. The van der Waals surface area contributed by atoms with Crippen molar-refractivity contribution in [3.8, 4) is 11.5 Å². The average Bonchev–Trinajstić information content (AvgIpc) is 3.08. The number of aliphatic hydroxyl groups excluding tert-OH is 1. The first-order valence-electron chi connectivity index (χ1n) is 10.7. The lowest BCUT2D eigenvalue weighted by molar-refractivity contribution is -0.132. The molecule has 1 atom stereocenters. The summed E-state index contributed by atoms with van der Waals surface area (Å²) in [5.41, 5.74) is 2.67. The largest absolute Gasteiger partial charge is 0.507 e. The molecule has 1 N–H and O–H groups in total. The quantitative estimate of drug-likeness (QED) is 0.277. The zero-order valence-corrected chi connectivity index (χ0v) is 20.3. The molecule has 0 aliphatic carbocycles. The Morgan fingerprint density at radius 2 is 1.54 bits per heavy atom. The molecular formula is C27H23ClFNO5. The number of Topliss-reactive ketones (excluding diaryl/α,β-unsaturated/α-hetero) is 1. The Bertz CT molecular complexity index is 1350. The van der Waals surface area contributed by atoms with Gasteiger partial charge in [-0.1, -0.05) is 29.8 Å². The maximum atomic E-state index is 13.7. The van der Waals surface area contributed by atoms with Gasteiger partial charge in [-0.3, -0.25) is 14.5 Å². The van der Waals surface area contributed by atoms with Crippen LogP contribution in [0.3, 0.4) is 0 Å². The summed E-state index contributed by atoms with van der Waals surface area (Å²) in [6, 6.07) is 12.8. The lowest BCUT2D eigenvalue weighted by Crippen LogP contribution is -2.29. The third kappa shape index (κ3) is 4.35. The highest BCUT2D eigenvalue weighted by Crippen LogP contribution is 2.45. The molecule has 180 valence electrons. The van der Waals surface area contributed by atoms with Crippen molar-refractivity contribution in [2.45, 2.75) is 19.9 Å². The Hall–Kier alpha value is -3.84. The minimum atomic E-state index is -1.01. The fourth-order valence-corrected chi connectivity index (χ4v) is 4.58. The van der Waals surface area contributed by atoms with Crippen LogP contribution in [0.1, 0.15) is 28.3 Å². The summed E-state index contributed by atoms with van der Waals surface area (Å²) < 4.78 is 24.3. The number of amides is 1. The van der Waals surface area contributed by atoms with Crippen LogP contribution in [0.4, 0.5) is 10.1 Å². The van der Waals surface area contributed by atoms with Gasteiger partial charge in [-0.05, 0) is 60.9 Å². The maximum absolute atomic E-state index is 13.7. The highest BCUT2D eigenvalue weighted by molar-refractivity contribution is 6.51. The van der Waals surface area contributed by atoms with Gasteiger partial charge in [-0.25, -0.2) is 4.39 Å². The predicted octanol–water partition coefficient (Wildman–Crippen LogP) is 5.74. The molecular weight excluding hydrogens is 473 g/mol. The van der Waals surface area contributed by atoms with Gasteiger partial charge in [0.1, 0.15) is 23.1 Å². The van der Waals surface area contributed by atoms with Gasteiger partial charge in [0, 0.05) is 11.8 Å². The Morgan fingerprint density at radius 1 is 0.943 bits per heavy atom. The first-order valence-corrected chi connectivity index (χ1v) is 11.1. The number of aliphatic hydroxyl groups is 1. The molecule has 0 spiro atoms. The maximum Gasteiger partial charge on any atom is 0.300 e. The highest BCUT2D eigenvalue weighted by atomic mass is 35.5. The second-order valence-electron chi connectivity index (χ2n) is 8.25. The summed E-state index contributed by atoms with van der Waals surface area (Å²) in [6.45, 7) is 3.76. The number of benzene rings is 3. The lowest BCUT2D eigenvalue weighted by atomic mass is 9.94. The van der Waals surface area contributed by atoms with Gasteiger partial charge in [-0.15, -0.1) is 0 Å². The standard InChI is InChI=1S/C27H23ClFNO5/c1-14-9-15(2)11-18(10-14)30-24(16-5-7-17(29)8-6-16)23(26(32)27(30)33)25(31)19-12-20(28)22(35-4)13-21(19)34-3/h5-13,24,31H,1-4H3/b25-23+. The number of carbonyl (C=O) groups excluding carboxylic acids is 2. The van der Waals surface area contributed by atoms with Crippen LogP contribution in [0.15, 0.2) is 60.2 Å². The summed E-state index contributed by atoms with van der Waals surface area (Å²) in [5.74, 6) is -2.13. The lowest BCUT2D eigenvalue weighted by Gasteiger charge is -2.26. The van der Waals surface area contributed by atoms with Crippen LogP contribution in [-0.4, -0.2) is 31.0 Å². The van der Waals surface area contributed by atoms with E-state index < -0.39 is 29.3 Å². The van der Waals surface area contributed by atoms with Crippen molar-refractivity contribution in [2.75, 3.05) is 19.1 Å². The van der Waals surface area contributed by atoms with E-state index in [9.17, 15) is 19.1 Å².